The summed E-state index contributed by atoms with van der Waals surface area (Å²) in [7, 11) is 0. The van der Waals surface area contributed by atoms with Crippen molar-refractivity contribution >= 4 is 0 Å². The Hall–Kier alpha value is -3.20. The average Bonchev–Trinajstić information content (AvgIpc) is 3.09. The van der Waals surface area contributed by atoms with Gasteiger partial charge in [-0.15, -0.1) is 0 Å². The minimum Gasteiger partial charge on any atom is -0.377 e. The Bertz CT molecular complexity index is 843. The maximum Gasteiger partial charge on any atom is 0.414 e. The van der Waals surface area contributed by atoms with E-state index in [2.05, 4.69) is 5.10 Å². The smallest absolute Gasteiger partial charge is 0.377 e. The minimum atomic E-state index is 0.605. The fourth-order valence-corrected chi connectivity index (χ4v) is 2.49. The van der Waals surface area contributed by atoms with Crippen molar-refractivity contribution < 1.29 is 9.10 Å². The monoisotopic (exact) mass is 299 g/mol. The third-order valence-corrected chi connectivity index (χ3v) is 3.62. The fraction of sp³-hybridized carbons (Fsp3) is 0. The molecule has 1 aromatic heterocycles. The van der Waals surface area contributed by atoms with Crippen molar-refractivity contribution in [2.45, 2.75) is 0 Å². The average molecular weight is 299 g/mol. The van der Waals surface area contributed by atoms with Crippen molar-refractivity contribution in [1.82, 2.24) is 5.10 Å². The fourth-order valence-electron chi connectivity index (χ4n) is 2.49. The highest BCUT2D eigenvalue weighted by Gasteiger charge is 2.26. The predicted octanol–water partition coefficient (Wildman–Crippen LogP) is 4.29. The SMILES string of the molecule is c1ccc(-c2n[n+](-c3ccccc3)c(-c3ccccc3)o2)cc1. The highest BCUT2D eigenvalue weighted by molar-refractivity contribution is 5.56. The van der Waals surface area contributed by atoms with Crippen LogP contribution < -0.4 is 4.68 Å². The second kappa shape index (κ2) is 5.89. The Morgan fingerprint density at radius 2 is 1.13 bits per heavy atom. The lowest BCUT2D eigenvalue weighted by Gasteiger charge is -1.93. The summed E-state index contributed by atoms with van der Waals surface area (Å²) in [6.07, 6.45) is 0. The van der Waals surface area contributed by atoms with Gasteiger partial charge in [-0.1, -0.05) is 54.6 Å². The van der Waals surface area contributed by atoms with E-state index in [1.807, 2.05) is 95.7 Å². The molecule has 0 fully saturated rings. The van der Waals surface area contributed by atoms with Gasteiger partial charge in [0.05, 0.1) is 5.56 Å². The van der Waals surface area contributed by atoms with E-state index in [4.69, 9.17) is 4.42 Å². The molecule has 3 heteroatoms. The lowest BCUT2D eigenvalue weighted by Crippen LogP contribution is -2.34. The first kappa shape index (κ1) is 13.5. The molecule has 4 rings (SSSR count). The number of hydrogen-bond donors (Lipinski definition) is 0. The molecule has 0 saturated heterocycles. The van der Waals surface area contributed by atoms with E-state index in [0.29, 0.717) is 5.89 Å². The van der Waals surface area contributed by atoms with Crippen LogP contribution >= 0.6 is 0 Å². The number of hydrogen-bond acceptors (Lipinski definition) is 2. The first-order valence-electron chi connectivity index (χ1n) is 7.51. The third-order valence-electron chi connectivity index (χ3n) is 3.62. The van der Waals surface area contributed by atoms with Crippen LogP contribution in [0.5, 0.6) is 0 Å². The van der Waals surface area contributed by atoms with Crippen molar-refractivity contribution in [1.29, 1.82) is 0 Å². The van der Waals surface area contributed by atoms with Crippen molar-refractivity contribution in [3.8, 4) is 28.6 Å². The van der Waals surface area contributed by atoms with Crippen LogP contribution in [0.25, 0.3) is 28.6 Å². The molecule has 1 heterocycles. The summed E-state index contributed by atoms with van der Waals surface area (Å²) in [4.78, 5) is 0. The normalized spacial score (nSPS) is 10.6. The molecular formula is C20H15N2O+. The zero-order valence-electron chi connectivity index (χ0n) is 12.5. The van der Waals surface area contributed by atoms with E-state index < -0.39 is 0 Å². The van der Waals surface area contributed by atoms with Crippen molar-refractivity contribution in [2.75, 3.05) is 0 Å². The highest BCUT2D eigenvalue weighted by atomic mass is 16.4. The first-order valence-corrected chi connectivity index (χ1v) is 7.51. The van der Waals surface area contributed by atoms with Crippen LogP contribution in [0.3, 0.4) is 0 Å². The van der Waals surface area contributed by atoms with Crippen LogP contribution in [0.4, 0.5) is 0 Å². The number of nitrogens with zero attached hydrogens (tertiary/aromatic N) is 2. The Morgan fingerprint density at radius 3 is 1.74 bits per heavy atom. The molecule has 0 aliphatic heterocycles. The van der Waals surface area contributed by atoms with Gasteiger partial charge >= 0.3 is 5.89 Å². The molecule has 0 bridgehead atoms. The lowest BCUT2D eigenvalue weighted by atomic mass is 10.2. The molecule has 3 aromatic carbocycles. The summed E-state index contributed by atoms with van der Waals surface area (Å²) in [6.45, 7) is 0. The zero-order valence-corrected chi connectivity index (χ0v) is 12.5. The van der Waals surface area contributed by atoms with Gasteiger partial charge in [-0.2, -0.15) is 0 Å². The van der Waals surface area contributed by atoms with Crippen LogP contribution in [-0.4, -0.2) is 5.10 Å². The number of rotatable bonds is 3. The van der Waals surface area contributed by atoms with E-state index in [1.165, 1.54) is 0 Å². The predicted molar refractivity (Wildman–Crippen MR) is 88.9 cm³/mol. The van der Waals surface area contributed by atoms with Crippen LogP contribution in [0.15, 0.2) is 95.4 Å². The summed E-state index contributed by atoms with van der Waals surface area (Å²) < 4.78 is 7.94. The van der Waals surface area contributed by atoms with Gasteiger partial charge in [-0.05, 0) is 28.9 Å². The maximum atomic E-state index is 6.09. The second-order valence-electron chi connectivity index (χ2n) is 5.19. The van der Waals surface area contributed by atoms with E-state index in [-0.39, 0.29) is 0 Å². The number of aromatic nitrogens is 2. The minimum absolute atomic E-state index is 0.605. The molecule has 0 aliphatic rings. The molecule has 23 heavy (non-hydrogen) atoms. The summed E-state index contributed by atoms with van der Waals surface area (Å²) in [5.74, 6) is 1.32. The van der Waals surface area contributed by atoms with Gasteiger partial charge < -0.3 is 4.42 Å². The summed E-state index contributed by atoms with van der Waals surface area (Å²) in [6, 6.07) is 30.0. The largest absolute Gasteiger partial charge is 0.414 e. The van der Waals surface area contributed by atoms with E-state index in [9.17, 15) is 0 Å². The molecule has 0 unspecified atom stereocenters. The van der Waals surface area contributed by atoms with Crippen LogP contribution in [0.2, 0.25) is 0 Å². The molecule has 110 valence electrons. The van der Waals surface area contributed by atoms with E-state index in [1.54, 1.807) is 0 Å². The molecule has 0 atom stereocenters. The number of benzene rings is 3. The standard InChI is InChI=1S/C20H15N2O/c1-4-10-16(11-5-1)19-21-22(18-14-8-3-9-15-18)20(23-19)17-12-6-2-7-13-17/h1-15H/q+1. The molecule has 0 amide bonds. The second-order valence-corrected chi connectivity index (χ2v) is 5.19. The van der Waals surface area contributed by atoms with E-state index >= 15 is 0 Å². The van der Waals surface area contributed by atoms with Gasteiger partial charge in [-0.3, -0.25) is 0 Å². The maximum absolute atomic E-state index is 6.09. The molecule has 0 spiro atoms. The molecule has 0 aliphatic carbocycles. The summed E-state index contributed by atoms with van der Waals surface area (Å²) >= 11 is 0. The summed E-state index contributed by atoms with van der Waals surface area (Å²) in [5, 5.41) is 4.68. The van der Waals surface area contributed by atoms with Crippen molar-refractivity contribution in [2.24, 2.45) is 0 Å². The highest BCUT2D eigenvalue weighted by Crippen LogP contribution is 2.23. The van der Waals surface area contributed by atoms with Gasteiger partial charge in [0.2, 0.25) is 5.69 Å². The molecule has 0 saturated carbocycles. The van der Waals surface area contributed by atoms with Gasteiger partial charge in [-0.25, -0.2) is 0 Å². The zero-order chi connectivity index (χ0) is 15.5. The van der Waals surface area contributed by atoms with E-state index in [0.717, 1.165) is 22.7 Å². The van der Waals surface area contributed by atoms with Gasteiger partial charge in [0, 0.05) is 22.8 Å². The van der Waals surface area contributed by atoms with Gasteiger partial charge in [0.25, 0.3) is 5.89 Å². The first-order chi connectivity index (χ1) is 11.4. The Kier molecular flexibility index (Phi) is 3.45. The molecule has 0 radical (unpaired) electrons. The molecular weight excluding hydrogens is 284 g/mol. The lowest BCUT2D eigenvalue weighted by molar-refractivity contribution is -0.648. The van der Waals surface area contributed by atoms with Crippen molar-refractivity contribution in [3.63, 3.8) is 0 Å². The quantitative estimate of drug-likeness (QED) is 0.528. The number of para-hydroxylation sites is 1. The molecule has 0 N–H and O–H groups in total. The topological polar surface area (TPSA) is 29.9 Å². The Morgan fingerprint density at radius 1 is 0.609 bits per heavy atom. The summed E-state index contributed by atoms with van der Waals surface area (Å²) in [5.41, 5.74) is 2.92. The van der Waals surface area contributed by atoms with Crippen molar-refractivity contribution in [3.05, 3.63) is 91.0 Å². The third kappa shape index (κ3) is 2.64. The van der Waals surface area contributed by atoms with Crippen LogP contribution in [0, 0.1) is 0 Å². The Labute approximate surface area is 134 Å². The van der Waals surface area contributed by atoms with Gasteiger partial charge in [0.15, 0.2) is 0 Å². The molecule has 3 nitrogen and oxygen atoms in total. The van der Waals surface area contributed by atoms with Gasteiger partial charge in [0.1, 0.15) is 0 Å². The van der Waals surface area contributed by atoms with Crippen LogP contribution in [0.1, 0.15) is 0 Å². The molecule has 4 aromatic rings. The van der Waals surface area contributed by atoms with Crippen LogP contribution in [-0.2, 0) is 0 Å². The Balaban J connectivity index is 1.91.